The van der Waals surface area contributed by atoms with Crippen molar-refractivity contribution in [3.8, 4) is 5.75 Å². The van der Waals surface area contributed by atoms with Gasteiger partial charge in [-0.3, -0.25) is 0 Å². The zero-order valence-corrected chi connectivity index (χ0v) is 12.3. The van der Waals surface area contributed by atoms with Crippen molar-refractivity contribution in [2.75, 3.05) is 6.61 Å². The zero-order valence-electron chi connectivity index (χ0n) is 12.3. The predicted octanol–water partition coefficient (Wildman–Crippen LogP) is 3.49. The van der Waals surface area contributed by atoms with Crippen molar-refractivity contribution in [1.82, 2.24) is 5.32 Å². The van der Waals surface area contributed by atoms with E-state index in [1.54, 1.807) is 24.3 Å². The highest BCUT2D eigenvalue weighted by Gasteiger charge is 2.25. The maximum absolute atomic E-state index is 12.1. The number of ether oxygens (including phenoxy) is 1. The summed E-state index contributed by atoms with van der Waals surface area (Å²) in [5.41, 5.74) is 1.03. The van der Waals surface area contributed by atoms with E-state index in [0.29, 0.717) is 12.0 Å². The van der Waals surface area contributed by atoms with E-state index in [1.165, 1.54) is 12.8 Å². The third-order valence-corrected chi connectivity index (χ3v) is 4.21. The minimum absolute atomic E-state index is 0.114. The summed E-state index contributed by atoms with van der Waals surface area (Å²) in [7, 11) is 0. The van der Waals surface area contributed by atoms with Gasteiger partial charge in [-0.1, -0.05) is 25.0 Å². The number of alkyl halides is 2. The summed E-state index contributed by atoms with van der Waals surface area (Å²) in [6.07, 6.45) is 4.49. The number of nitrogens with one attached hydrogen (secondary N) is 1. The van der Waals surface area contributed by atoms with Gasteiger partial charge in [0.1, 0.15) is 5.75 Å². The summed E-state index contributed by atoms with van der Waals surface area (Å²) in [6.45, 7) is -0.531. The Bertz CT molecular complexity index is 425. The second-order valence-electron chi connectivity index (χ2n) is 5.67. The number of halogens is 2. The highest BCUT2D eigenvalue weighted by Crippen LogP contribution is 2.27. The molecule has 1 aromatic rings. The number of hydrogen-bond donors (Lipinski definition) is 2. The monoisotopic (exact) mass is 299 g/mol. The molecule has 1 aliphatic rings. The van der Waals surface area contributed by atoms with Gasteiger partial charge in [-0.05, 0) is 43.4 Å². The fourth-order valence-corrected chi connectivity index (χ4v) is 3.00. The van der Waals surface area contributed by atoms with E-state index in [1.807, 2.05) is 6.92 Å². The summed E-state index contributed by atoms with van der Waals surface area (Å²) in [5, 5.41) is 13.0. The molecule has 21 heavy (non-hydrogen) atoms. The number of aliphatic hydroxyl groups is 1. The lowest BCUT2D eigenvalue weighted by atomic mass is 9.84. The highest BCUT2D eigenvalue weighted by atomic mass is 19.3. The van der Waals surface area contributed by atoms with Gasteiger partial charge in [-0.15, -0.1) is 0 Å². The van der Waals surface area contributed by atoms with E-state index in [4.69, 9.17) is 0 Å². The molecule has 1 aliphatic carbocycles. The Hall–Kier alpha value is -1.20. The van der Waals surface area contributed by atoms with E-state index < -0.39 is 6.61 Å². The van der Waals surface area contributed by atoms with Gasteiger partial charge in [-0.2, -0.15) is 8.78 Å². The molecule has 1 fully saturated rings. The van der Waals surface area contributed by atoms with E-state index in [0.717, 1.165) is 18.4 Å². The van der Waals surface area contributed by atoms with Gasteiger partial charge in [0.05, 0.1) is 0 Å². The topological polar surface area (TPSA) is 41.5 Å². The summed E-state index contributed by atoms with van der Waals surface area (Å²) in [4.78, 5) is 0. The van der Waals surface area contributed by atoms with Crippen LogP contribution in [0.3, 0.4) is 0 Å². The van der Waals surface area contributed by atoms with Crippen molar-refractivity contribution in [3.05, 3.63) is 29.8 Å². The van der Waals surface area contributed by atoms with Crippen LogP contribution in [-0.4, -0.2) is 24.4 Å². The van der Waals surface area contributed by atoms with Crippen LogP contribution in [0, 0.1) is 5.92 Å². The molecular weight excluding hydrogens is 276 g/mol. The lowest BCUT2D eigenvalue weighted by Crippen LogP contribution is -2.41. The van der Waals surface area contributed by atoms with Crippen molar-refractivity contribution in [3.63, 3.8) is 0 Å². The molecule has 118 valence electrons. The summed E-state index contributed by atoms with van der Waals surface area (Å²) >= 11 is 0. The SMILES string of the molecule is CC(NC1CCCCC1CO)c1ccc(OC(F)F)cc1. The van der Waals surface area contributed by atoms with Gasteiger partial charge in [-0.25, -0.2) is 0 Å². The second kappa shape index (κ2) is 7.71. The van der Waals surface area contributed by atoms with Crippen molar-refractivity contribution in [2.24, 2.45) is 5.92 Å². The van der Waals surface area contributed by atoms with Crippen LogP contribution < -0.4 is 10.1 Å². The molecule has 0 amide bonds. The van der Waals surface area contributed by atoms with E-state index in [9.17, 15) is 13.9 Å². The summed E-state index contributed by atoms with van der Waals surface area (Å²) in [6, 6.07) is 7.14. The van der Waals surface area contributed by atoms with Crippen LogP contribution in [0.25, 0.3) is 0 Å². The van der Waals surface area contributed by atoms with E-state index >= 15 is 0 Å². The smallest absolute Gasteiger partial charge is 0.387 e. The molecule has 5 heteroatoms. The first-order valence-corrected chi connectivity index (χ1v) is 7.52. The van der Waals surface area contributed by atoms with E-state index in [2.05, 4.69) is 10.1 Å². The van der Waals surface area contributed by atoms with Gasteiger partial charge < -0.3 is 15.2 Å². The Morgan fingerprint density at radius 3 is 2.52 bits per heavy atom. The predicted molar refractivity (Wildman–Crippen MR) is 77.5 cm³/mol. The minimum atomic E-state index is -2.79. The third-order valence-electron chi connectivity index (χ3n) is 4.21. The average Bonchev–Trinajstić information content (AvgIpc) is 2.48. The van der Waals surface area contributed by atoms with Crippen LogP contribution in [0.1, 0.15) is 44.2 Å². The van der Waals surface area contributed by atoms with Crippen molar-refractivity contribution in [1.29, 1.82) is 0 Å². The van der Waals surface area contributed by atoms with Crippen LogP contribution in [0.15, 0.2) is 24.3 Å². The fourth-order valence-electron chi connectivity index (χ4n) is 3.00. The quantitative estimate of drug-likeness (QED) is 0.845. The van der Waals surface area contributed by atoms with Crippen LogP contribution in [0.4, 0.5) is 8.78 Å². The normalized spacial score (nSPS) is 24.0. The van der Waals surface area contributed by atoms with Gasteiger partial charge in [0.2, 0.25) is 0 Å². The van der Waals surface area contributed by atoms with Gasteiger partial charge in [0, 0.05) is 18.7 Å². The Morgan fingerprint density at radius 2 is 1.90 bits per heavy atom. The van der Waals surface area contributed by atoms with Gasteiger partial charge in [0.15, 0.2) is 0 Å². The lowest BCUT2D eigenvalue weighted by molar-refractivity contribution is -0.0498. The Kier molecular flexibility index (Phi) is 5.94. The molecule has 3 nitrogen and oxygen atoms in total. The first-order chi connectivity index (χ1) is 10.1. The van der Waals surface area contributed by atoms with E-state index in [-0.39, 0.29) is 18.4 Å². The second-order valence-corrected chi connectivity index (χ2v) is 5.67. The largest absolute Gasteiger partial charge is 0.435 e. The molecule has 3 atom stereocenters. The number of benzene rings is 1. The summed E-state index contributed by atoms with van der Waals surface area (Å²) in [5.74, 6) is 0.481. The summed E-state index contributed by atoms with van der Waals surface area (Å²) < 4.78 is 28.6. The van der Waals surface area contributed by atoms with Crippen LogP contribution in [0.5, 0.6) is 5.75 Å². The molecule has 1 saturated carbocycles. The number of aliphatic hydroxyl groups excluding tert-OH is 1. The standard InChI is InChI=1S/C16H23F2NO2/c1-11(19-15-5-3-2-4-13(15)10-20)12-6-8-14(9-7-12)21-16(17)18/h6-9,11,13,15-16,19-20H,2-5,10H2,1H3. The molecule has 0 aromatic heterocycles. The molecule has 2 N–H and O–H groups in total. The molecule has 0 spiro atoms. The highest BCUT2D eigenvalue weighted by molar-refractivity contribution is 5.29. The molecule has 2 rings (SSSR count). The molecule has 0 bridgehead atoms. The fraction of sp³-hybridized carbons (Fsp3) is 0.625. The van der Waals surface area contributed by atoms with Gasteiger partial charge in [0.25, 0.3) is 0 Å². The maximum Gasteiger partial charge on any atom is 0.387 e. The first kappa shape index (κ1) is 16.2. The molecule has 3 unspecified atom stereocenters. The van der Waals surface area contributed by atoms with Crippen LogP contribution >= 0.6 is 0 Å². The number of hydrogen-bond acceptors (Lipinski definition) is 3. The average molecular weight is 299 g/mol. The van der Waals surface area contributed by atoms with Crippen LogP contribution in [0.2, 0.25) is 0 Å². The van der Waals surface area contributed by atoms with Crippen molar-refractivity contribution in [2.45, 2.75) is 51.3 Å². The maximum atomic E-state index is 12.1. The van der Waals surface area contributed by atoms with Gasteiger partial charge >= 0.3 is 6.61 Å². The minimum Gasteiger partial charge on any atom is -0.435 e. The number of rotatable bonds is 6. The molecular formula is C16H23F2NO2. The molecule has 0 saturated heterocycles. The molecule has 1 aromatic carbocycles. The first-order valence-electron chi connectivity index (χ1n) is 7.52. The van der Waals surface area contributed by atoms with Crippen LogP contribution in [-0.2, 0) is 0 Å². The molecule has 0 aliphatic heterocycles. The Balaban J connectivity index is 1.94. The lowest BCUT2D eigenvalue weighted by Gasteiger charge is -2.33. The molecule has 0 heterocycles. The third kappa shape index (κ3) is 4.64. The zero-order chi connectivity index (χ0) is 15.2. The molecule has 0 radical (unpaired) electrons. The Labute approximate surface area is 124 Å². The van der Waals surface area contributed by atoms with Crippen molar-refractivity contribution >= 4 is 0 Å². The Morgan fingerprint density at radius 1 is 1.24 bits per heavy atom. The van der Waals surface area contributed by atoms with Crippen molar-refractivity contribution < 1.29 is 18.6 Å².